The van der Waals surface area contributed by atoms with Crippen molar-refractivity contribution in [3.8, 4) is 0 Å². The standard InChI is InChI=1S/C21H21IN4O3/c22-15-11-23-25(12-15)10-3-1-2-5-14-6-4-7-16-17(14)13-26(21(16)29)18-8-9-19(27)24-20(18)28/h2,4-7,11-12,18H,1,3,8-10,13H2,(H,24,27,28)/b5-2+. The van der Waals surface area contributed by atoms with Crippen molar-refractivity contribution in [3.05, 3.63) is 56.9 Å². The lowest BCUT2D eigenvalue weighted by molar-refractivity contribution is -0.136. The number of carbonyl (C=O) groups excluding carboxylic acids is 3. The van der Waals surface area contributed by atoms with Gasteiger partial charge >= 0.3 is 0 Å². The highest BCUT2D eigenvalue weighted by molar-refractivity contribution is 14.1. The van der Waals surface area contributed by atoms with Gasteiger partial charge in [0.05, 0.1) is 9.77 Å². The van der Waals surface area contributed by atoms with Gasteiger partial charge in [-0.15, -0.1) is 0 Å². The van der Waals surface area contributed by atoms with Gasteiger partial charge in [-0.3, -0.25) is 24.4 Å². The van der Waals surface area contributed by atoms with Gasteiger partial charge in [0, 0.05) is 31.3 Å². The number of piperidine rings is 1. The molecule has 1 aromatic heterocycles. The van der Waals surface area contributed by atoms with Crippen LogP contribution in [-0.2, 0) is 22.7 Å². The van der Waals surface area contributed by atoms with Gasteiger partial charge in [-0.25, -0.2) is 0 Å². The highest BCUT2D eigenvalue weighted by atomic mass is 127. The van der Waals surface area contributed by atoms with Crippen LogP contribution in [0.1, 0.15) is 47.2 Å². The second kappa shape index (κ2) is 8.48. The normalized spacial score (nSPS) is 19.1. The van der Waals surface area contributed by atoms with E-state index in [1.807, 2.05) is 35.3 Å². The number of halogens is 1. The van der Waals surface area contributed by atoms with Crippen molar-refractivity contribution in [2.75, 3.05) is 0 Å². The van der Waals surface area contributed by atoms with Crippen LogP contribution < -0.4 is 5.32 Å². The van der Waals surface area contributed by atoms with Crippen molar-refractivity contribution < 1.29 is 14.4 Å². The number of nitrogens with one attached hydrogen (secondary N) is 1. The number of carbonyl (C=O) groups is 3. The van der Waals surface area contributed by atoms with E-state index in [2.05, 4.69) is 39.1 Å². The fraction of sp³-hybridized carbons (Fsp3) is 0.333. The third-order valence-corrected chi connectivity index (χ3v) is 5.83. The van der Waals surface area contributed by atoms with E-state index in [1.165, 1.54) is 0 Å². The monoisotopic (exact) mass is 504 g/mol. The average Bonchev–Trinajstić information content (AvgIpc) is 3.25. The smallest absolute Gasteiger partial charge is 0.255 e. The maximum absolute atomic E-state index is 12.8. The molecule has 29 heavy (non-hydrogen) atoms. The first-order valence-corrected chi connectivity index (χ1v) is 10.7. The van der Waals surface area contributed by atoms with Crippen LogP contribution in [-0.4, -0.2) is 38.4 Å². The summed E-state index contributed by atoms with van der Waals surface area (Å²) in [6, 6.07) is 5.09. The lowest BCUT2D eigenvalue weighted by atomic mass is 10.0. The van der Waals surface area contributed by atoms with Crippen molar-refractivity contribution in [2.45, 2.75) is 44.8 Å². The maximum atomic E-state index is 12.8. The Hall–Kier alpha value is -2.49. The summed E-state index contributed by atoms with van der Waals surface area (Å²) in [6.07, 6.45) is 10.5. The molecule has 1 saturated heterocycles. The number of allylic oxidation sites excluding steroid dienone is 1. The first-order chi connectivity index (χ1) is 14.0. The third kappa shape index (κ3) is 4.26. The highest BCUT2D eigenvalue weighted by Crippen LogP contribution is 2.30. The van der Waals surface area contributed by atoms with Crippen LogP contribution in [0, 0.1) is 3.57 Å². The van der Waals surface area contributed by atoms with Crippen LogP contribution >= 0.6 is 22.6 Å². The average molecular weight is 504 g/mol. The quantitative estimate of drug-likeness (QED) is 0.373. The molecular formula is C21H21IN4O3. The Morgan fingerprint density at radius 2 is 2.14 bits per heavy atom. The zero-order valence-corrected chi connectivity index (χ0v) is 18.0. The number of nitrogens with zero attached hydrogens (tertiary/aromatic N) is 3. The molecule has 1 atom stereocenters. The lowest BCUT2D eigenvalue weighted by Crippen LogP contribution is -2.52. The second-order valence-electron chi connectivity index (χ2n) is 7.24. The van der Waals surface area contributed by atoms with E-state index >= 15 is 0 Å². The summed E-state index contributed by atoms with van der Waals surface area (Å²) in [4.78, 5) is 38.0. The Kier molecular flexibility index (Phi) is 5.79. The molecule has 0 radical (unpaired) electrons. The van der Waals surface area contributed by atoms with Crippen molar-refractivity contribution in [2.24, 2.45) is 0 Å². The van der Waals surface area contributed by atoms with Crippen LogP contribution in [0.25, 0.3) is 6.08 Å². The molecule has 4 rings (SSSR count). The molecule has 8 heteroatoms. The minimum Gasteiger partial charge on any atom is -0.322 e. The van der Waals surface area contributed by atoms with Crippen LogP contribution in [0.5, 0.6) is 0 Å². The number of aromatic nitrogens is 2. The number of benzene rings is 1. The molecule has 2 aliphatic rings. The Bertz CT molecular complexity index is 998. The van der Waals surface area contributed by atoms with Crippen molar-refractivity contribution in [3.63, 3.8) is 0 Å². The number of amides is 3. The summed E-state index contributed by atoms with van der Waals surface area (Å²) >= 11 is 2.24. The Labute approximate surface area is 182 Å². The fourth-order valence-electron chi connectivity index (χ4n) is 3.81. The minimum absolute atomic E-state index is 0.141. The van der Waals surface area contributed by atoms with Crippen LogP contribution in [0.15, 0.2) is 36.7 Å². The summed E-state index contributed by atoms with van der Waals surface area (Å²) < 4.78 is 3.06. The molecule has 0 saturated carbocycles. The second-order valence-corrected chi connectivity index (χ2v) is 8.49. The Morgan fingerprint density at radius 3 is 2.90 bits per heavy atom. The number of aryl methyl sites for hydroxylation is 1. The third-order valence-electron chi connectivity index (χ3n) is 5.28. The largest absolute Gasteiger partial charge is 0.322 e. The van der Waals surface area contributed by atoms with Gasteiger partial charge < -0.3 is 4.90 Å². The van der Waals surface area contributed by atoms with Gasteiger partial charge in [0.15, 0.2) is 0 Å². The number of imide groups is 1. The Balaban J connectivity index is 1.41. The molecule has 3 heterocycles. The molecule has 2 aliphatic heterocycles. The highest BCUT2D eigenvalue weighted by Gasteiger charge is 2.39. The first kappa shape index (κ1) is 19.8. The van der Waals surface area contributed by atoms with Crippen molar-refractivity contribution in [1.29, 1.82) is 0 Å². The van der Waals surface area contributed by atoms with Crippen LogP contribution in [0.4, 0.5) is 0 Å². The number of hydrogen-bond acceptors (Lipinski definition) is 4. The molecule has 3 amide bonds. The summed E-state index contributed by atoms with van der Waals surface area (Å²) in [5.74, 6) is -0.797. The summed E-state index contributed by atoms with van der Waals surface area (Å²) in [5.41, 5.74) is 2.59. The minimum atomic E-state index is -0.582. The molecule has 1 fully saturated rings. The van der Waals surface area contributed by atoms with E-state index in [9.17, 15) is 14.4 Å². The first-order valence-electron chi connectivity index (χ1n) is 9.64. The molecule has 1 N–H and O–H groups in total. The summed E-state index contributed by atoms with van der Waals surface area (Å²) in [5, 5.41) is 6.62. The zero-order valence-electron chi connectivity index (χ0n) is 15.8. The maximum Gasteiger partial charge on any atom is 0.255 e. The van der Waals surface area contributed by atoms with Crippen molar-refractivity contribution in [1.82, 2.24) is 20.0 Å². The van der Waals surface area contributed by atoms with Gasteiger partial charge in [-0.1, -0.05) is 24.3 Å². The van der Waals surface area contributed by atoms with E-state index in [-0.39, 0.29) is 24.1 Å². The predicted octanol–water partition coefficient (Wildman–Crippen LogP) is 2.74. The van der Waals surface area contributed by atoms with E-state index < -0.39 is 6.04 Å². The molecule has 2 aromatic rings. The van der Waals surface area contributed by atoms with Crippen LogP contribution in [0.3, 0.4) is 0 Å². The molecule has 0 aliphatic carbocycles. The number of unbranched alkanes of at least 4 members (excludes halogenated alkanes) is 1. The Morgan fingerprint density at radius 1 is 1.28 bits per heavy atom. The SMILES string of the molecule is O=C1CCC(N2Cc3c(/C=C/CCCn4cc(I)cn4)cccc3C2=O)C(=O)N1. The number of fused-ring (bicyclic) bond motifs is 1. The van der Waals surface area contributed by atoms with Crippen molar-refractivity contribution >= 4 is 46.4 Å². The molecule has 7 nitrogen and oxygen atoms in total. The van der Waals surface area contributed by atoms with E-state index in [0.29, 0.717) is 18.5 Å². The van der Waals surface area contributed by atoms with E-state index in [0.717, 1.165) is 34.1 Å². The van der Waals surface area contributed by atoms with Gasteiger partial charge in [0.1, 0.15) is 6.04 Å². The van der Waals surface area contributed by atoms with E-state index in [4.69, 9.17) is 0 Å². The van der Waals surface area contributed by atoms with Gasteiger partial charge in [-0.2, -0.15) is 5.10 Å². The molecular weight excluding hydrogens is 483 g/mol. The number of hydrogen-bond donors (Lipinski definition) is 1. The summed E-state index contributed by atoms with van der Waals surface area (Å²) in [6.45, 7) is 1.26. The molecule has 0 bridgehead atoms. The zero-order chi connectivity index (χ0) is 20.4. The van der Waals surface area contributed by atoms with Gasteiger partial charge in [-0.05, 0) is 59.0 Å². The predicted molar refractivity (Wildman–Crippen MR) is 116 cm³/mol. The van der Waals surface area contributed by atoms with E-state index in [1.54, 1.807) is 11.0 Å². The fourth-order valence-corrected chi connectivity index (χ4v) is 4.25. The number of rotatable bonds is 6. The molecule has 0 spiro atoms. The van der Waals surface area contributed by atoms with Gasteiger partial charge in [0.2, 0.25) is 11.8 Å². The topological polar surface area (TPSA) is 84.3 Å². The van der Waals surface area contributed by atoms with Gasteiger partial charge in [0.25, 0.3) is 5.91 Å². The molecule has 1 aromatic carbocycles. The molecule has 150 valence electrons. The summed E-state index contributed by atoms with van der Waals surface area (Å²) in [7, 11) is 0. The lowest BCUT2D eigenvalue weighted by Gasteiger charge is -2.29. The molecule has 1 unspecified atom stereocenters. The van der Waals surface area contributed by atoms with Crippen LogP contribution in [0.2, 0.25) is 0 Å².